The zero-order chi connectivity index (χ0) is 19.8. The molecule has 0 saturated heterocycles. The van der Waals surface area contributed by atoms with Crippen LogP contribution in [0.25, 0.3) is 44.2 Å². The van der Waals surface area contributed by atoms with E-state index >= 15 is 0 Å². The van der Waals surface area contributed by atoms with Crippen LogP contribution in [0.15, 0.2) is 79.0 Å². The lowest BCUT2D eigenvalue weighted by atomic mass is 9.82. The summed E-state index contributed by atoms with van der Waals surface area (Å²) in [4.78, 5) is 4.83. The Morgan fingerprint density at radius 2 is 1.52 bits per heavy atom. The molecule has 140 valence electrons. The van der Waals surface area contributed by atoms with E-state index < -0.39 is 0 Å². The van der Waals surface area contributed by atoms with Crippen molar-refractivity contribution >= 4 is 21.8 Å². The second kappa shape index (κ2) is 5.57. The molecule has 0 saturated carbocycles. The summed E-state index contributed by atoms with van der Waals surface area (Å²) in [6.07, 6.45) is 1.94. The lowest BCUT2D eigenvalue weighted by Gasteiger charge is -2.22. The molecule has 0 N–H and O–H groups in total. The molecule has 0 unspecified atom stereocenters. The lowest BCUT2D eigenvalue weighted by molar-refractivity contribution is 0.660. The Morgan fingerprint density at radius 3 is 2.41 bits per heavy atom. The standard InChI is InChI=1S/C27H22N2/c1-27(2)22-10-6-4-8-18(22)19-13-12-17(16-23(19)27)25-26-21(14-15-28-25)20-9-5-7-11-24(20)29(26)3/h4-16H,1-3H3. The summed E-state index contributed by atoms with van der Waals surface area (Å²) in [6.45, 7) is 4.65. The molecule has 0 atom stereocenters. The van der Waals surface area contributed by atoms with Crippen LogP contribution in [-0.4, -0.2) is 9.55 Å². The van der Waals surface area contributed by atoms with E-state index in [0.29, 0.717) is 0 Å². The molecule has 2 heteroatoms. The highest BCUT2D eigenvalue weighted by molar-refractivity contribution is 6.11. The first-order valence-corrected chi connectivity index (χ1v) is 10.1. The SMILES string of the molecule is Cn1c2ccccc2c2ccnc(-c3ccc4c(c3)C(C)(C)c3ccccc3-4)c21. The zero-order valence-electron chi connectivity index (χ0n) is 16.9. The summed E-state index contributed by atoms with van der Waals surface area (Å²) in [7, 11) is 2.14. The third-order valence-electron chi connectivity index (χ3n) is 6.67. The number of hydrogen-bond acceptors (Lipinski definition) is 1. The van der Waals surface area contributed by atoms with Crippen LogP contribution in [0.3, 0.4) is 0 Å². The fourth-order valence-corrected chi connectivity index (χ4v) is 5.19. The quantitative estimate of drug-likeness (QED) is 0.319. The molecule has 2 aromatic heterocycles. The van der Waals surface area contributed by atoms with Crippen molar-refractivity contribution in [2.24, 2.45) is 7.05 Å². The minimum Gasteiger partial charge on any atom is -0.342 e. The van der Waals surface area contributed by atoms with Gasteiger partial charge in [-0.1, -0.05) is 68.4 Å². The average molecular weight is 374 g/mol. The Morgan fingerprint density at radius 1 is 0.759 bits per heavy atom. The molecule has 0 fully saturated rings. The van der Waals surface area contributed by atoms with E-state index in [1.807, 2.05) is 6.20 Å². The van der Waals surface area contributed by atoms with Crippen LogP contribution in [0.5, 0.6) is 0 Å². The molecule has 3 aromatic carbocycles. The fourth-order valence-electron chi connectivity index (χ4n) is 5.19. The van der Waals surface area contributed by atoms with Crippen molar-refractivity contribution in [1.29, 1.82) is 0 Å². The Labute approximate surface area is 170 Å². The third kappa shape index (κ3) is 2.09. The van der Waals surface area contributed by atoms with Gasteiger partial charge in [0.1, 0.15) is 0 Å². The largest absolute Gasteiger partial charge is 0.342 e. The smallest absolute Gasteiger partial charge is 0.0945 e. The average Bonchev–Trinajstić information content (AvgIpc) is 3.18. The molecule has 29 heavy (non-hydrogen) atoms. The topological polar surface area (TPSA) is 17.8 Å². The van der Waals surface area contributed by atoms with E-state index in [-0.39, 0.29) is 5.41 Å². The van der Waals surface area contributed by atoms with Crippen molar-refractivity contribution in [1.82, 2.24) is 9.55 Å². The molecule has 2 nitrogen and oxygen atoms in total. The summed E-state index contributed by atoms with van der Waals surface area (Å²) >= 11 is 0. The first kappa shape index (κ1) is 16.6. The number of aryl methyl sites for hydroxylation is 1. The van der Waals surface area contributed by atoms with Gasteiger partial charge in [0.15, 0.2) is 0 Å². The van der Waals surface area contributed by atoms with Gasteiger partial charge in [-0.15, -0.1) is 0 Å². The van der Waals surface area contributed by atoms with Crippen molar-refractivity contribution in [3.63, 3.8) is 0 Å². The summed E-state index contributed by atoms with van der Waals surface area (Å²) in [5.41, 5.74) is 10.2. The van der Waals surface area contributed by atoms with Gasteiger partial charge in [0.05, 0.1) is 11.2 Å². The molecule has 5 aromatic rings. The monoisotopic (exact) mass is 374 g/mol. The van der Waals surface area contributed by atoms with Gasteiger partial charge in [0.2, 0.25) is 0 Å². The van der Waals surface area contributed by atoms with Crippen molar-refractivity contribution in [2.75, 3.05) is 0 Å². The fraction of sp³-hybridized carbons (Fsp3) is 0.148. The summed E-state index contributed by atoms with van der Waals surface area (Å²) in [5.74, 6) is 0. The van der Waals surface area contributed by atoms with Crippen LogP contribution < -0.4 is 0 Å². The van der Waals surface area contributed by atoms with Gasteiger partial charge in [-0.25, -0.2) is 0 Å². The summed E-state index contributed by atoms with van der Waals surface area (Å²) in [6, 6.07) is 26.4. The summed E-state index contributed by atoms with van der Waals surface area (Å²) in [5, 5.41) is 2.54. The van der Waals surface area contributed by atoms with Crippen LogP contribution in [0.4, 0.5) is 0 Å². The Hall–Kier alpha value is -3.39. The van der Waals surface area contributed by atoms with Gasteiger partial charge >= 0.3 is 0 Å². The van der Waals surface area contributed by atoms with Crippen molar-refractivity contribution in [2.45, 2.75) is 19.3 Å². The molecule has 2 heterocycles. The lowest BCUT2D eigenvalue weighted by Crippen LogP contribution is -2.14. The predicted octanol–water partition coefficient (Wildman–Crippen LogP) is 6.70. The van der Waals surface area contributed by atoms with Gasteiger partial charge in [-0.2, -0.15) is 0 Å². The number of fused-ring (bicyclic) bond motifs is 6. The van der Waals surface area contributed by atoms with Crippen LogP contribution in [0, 0.1) is 0 Å². The highest BCUT2D eigenvalue weighted by atomic mass is 15.0. The molecule has 1 aliphatic rings. The van der Waals surface area contributed by atoms with Gasteiger partial charge < -0.3 is 4.57 Å². The minimum absolute atomic E-state index is 0.00520. The van der Waals surface area contributed by atoms with Gasteiger partial charge in [-0.05, 0) is 40.5 Å². The Kier molecular flexibility index (Phi) is 3.18. The highest BCUT2D eigenvalue weighted by Gasteiger charge is 2.35. The van der Waals surface area contributed by atoms with Crippen LogP contribution in [0.2, 0.25) is 0 Å². The number of rotatable bonds is 1. The number of para-hydroxylation sites is 1. The van der Waals surface area contributed by atoms with Gasteiger partial charge in [0.25, 0.3) is 0 Å². The van der Waals surface area contributed by atoms with Crippen LogP contribution in [-0.2, 0) is 12.5 Å². The van der Waals surface area contributed by atoms with Gasteiger partial charge in [-0.3, -0.25) is 4.98 Å². The predicted molar refractivity (Wildman–Crippen MR) is 121 cm³/mol. The van der Waals surface area contributed by atoms with Crippen LogP contribution >= 0.6 is 0 Å². The van der Waals surface area contributed by atoms with Crippen LogP contribution in [0.1, 0.15) is 25.0 Å². The second-order valence-electron chi connectivity index (χ2n) is 8.56. The first-order valence-electron chi connectivity index (χ1n) is 10.1. The molecule has 6 rings (SSSR count). The van der Waals surface area contributed by atoms with Gasteiger partial charge in [0, 0.05) is 40.5 Å². The van der Waals surface area contributed by atoms with E-state index in [9.17, 15) is 0 Å². The number of pyridine rings is 1. The van der Waals surface area contributed by atoms with E-state index in [1.54, 1.807) is 0 Å². The molecule has 0 amide bonds. The second-order valence-corrected chi connectivity index (χ2v) is 8.56. The Bertz CT molecular complexity index is 1440. The van der Waals surface area contributed by atoms with E-state index in [1.165, 1.54) is 49.6 Å². The molecule has 0 radical (unpaired) electrons. The zero-order valence-corrected chi connectivity index (χ0v) is 16.9. The molecule has 0 spiro atoms. The molecule has 0 aliphatic heterocycles. The normalized spacial score (nSPS) is 14.3. The highest BCUT2D eigenvalue weighted by Crippen LogP contribution is 2.49. The molecular formula is C27H22N2. The van der Waals surface area contributed by atoms with E-state index in [2.05, 4.69) is 98.3 Å². The molecule has 0 bridgehead atoms. The molecular weight excluding hydrogens is 352 g/mol. The van der Waals surface area contributed by atoms with E-state index in [0.717, 1.165) is 5.69 Å². The number of benzene rings is 3. The third-order valence-corrected chi connectivity index (χ3v) is 6.67. The minimum atomic E-state index is -0.00520. The maximum atomic E-state index is 4.83. The summed E-state index contributed by atoms with van der Waals surface area (Å²) < 4.78 is 2.28. The van der Waals surface area contributed by atoms with Crippen molar-refractivity contribution < 1.29 is 0 Å². The maximum Gasteiger partial charge on any atom is 0.0945 e. The molecule has 1 aliphatic carbocycles. The van der Waals surface area contributed by atoms with Crippen molar-refractivity contribution in [3.05, 3.63) is 90.1 Å². The van der Waals surface area contributed by atoms with E-state index in [4.69, 9.17) is 4.98 Å². The number of hydrogen-bond donors (Lipinski definition) is 0. The number of nitrogens with zero attached hydrogens (tertiary/aromatic N) is 2. The number of aromatic nitrogens is 2. The Balaban J connectivity index is 1.64. The maximum absolute atomic E-state index is 4.83. The van der Waals surface area contributed by atoms with Crippen molar-refractivity contribution in [3.8, 4) is 22.4 Å². The first-order chi connectivity index (χ1) is 14.1.